The molecule has 0 saturated carbocycles. The van der Waals surface area contributed by atoms with Crippen molar-refractivity contribution >= 4 is 17.8 Å². The van der Waals surface area contributed by atoms with Gasteiger partial charge in [-0.15, -0.1) is 0 Å². The van der Waals surface area contributed by atoms with E-state index in [0.717, 1.165) is 0 Å². The Morgan fingerprint density at radius 2 is 1.66 bits per heavy atom. The number of carbonyl (C=O) groups excluding carboxylic acids is 3. The van der Waals surface area contributed by atoms with E-state index in [1.165, 1.54) is 52.5 Å². The fourth-order valence-corrected chi connectivity index (χ4v) is 3.79. The normalized spacial score (nSPS) is 13.4. The second-order valence-electron chi connectivity index (χ2n) is 8.28. The first-order chi connectivity index (χ1) is 16.5. The molecule has 0 saturated heterocycles. The highest BCUT2D eigenvalue weighted by atomic mass is 19.1. The van der Waals surface area contributed by atoms with E-state index in [0.29, 0.717) is 11.3 Å². The molecule has 3 atom stereocenters. The fourth-order valence-electron chi connectivity index (χ4n) is 3.79. The maximum Gasteiger partial charge on any atom is 0.328 e. The number of hydrogen-bond acceptors (Lipinski definition) is 8. The van der Waals surface area contributed by atoms with Gasteiger partial charge in [-0.05, 0) is 25.8 Å². The van der Waals surface area contributed by atoms with Crippen molar-refractivity contribution in [1.82, 2.24) is 10.3 Å². The summed E-state index contributed by atoms with van der Waals surface area (Å²) < 4.78 is 34.9. The number of ether oxygens (including phenoxy) is 4. The molecule has 0 spiro atoms. The highest BCUT2D eigenvalue weighted by Gasteiger charge is 2.31. The van der Waals surface area contributed by atoms with E-state index in [-0.39, 0.29) is 29.0 Å². The number of nitrogens with one attached hydrogen (secondary N) is 1. The van der Waals surface area contributed by atoms with Gasteiger partial charge in [0.25, 0.3) is 5.91 Å². The van der Waals surface area contributed by atoms with Crippen LogP contribution in [0.5, 0.6) is 17.2 Å². The van der Waals surface area contributed by atoms with E-state index in [1.807, 2.05) is 13.8 Å². The second-order valence-corrected chi connectivity index (χ2v) is 8.28. The van der Waals surface area contributed by atoms with Gasteiger partial charge in [0.05, 0.1) is 14.2 Å². The Morgan fingerprint density at radius 1 is 1.00 bits per heavy atom. The lowest BCUT2D eigenvalue weighted by atomic mass is 9.84. The number of aromatic nitrogens is 1. The molecule has 0 radical (unpaired) electrons. The summed E-state index contributed by atoms with van der Waals surface area (Å²) in [5.41, 5.74) is 0.482. The van der Waals surface area contributed by atoms with Crippen LogP contribution in [-0.4, -0.2) is 49.2 Å². The molecule has 1 aromatic carbocycles. The SMILES string of the molecule is COc1cc(F)ccc1C(C(C)C)C(C)OC(=O)[C@H](C)NC(=O)c1nccc(OC)c1OC(C)=O. The number of nitrogens with zero attached hydrogens (tertiary/aromatic N) is 1. The van der Waals surface area contributed by atoms with Crippen LogP contribution in [0.25, 0.3) is 0 Å². The minimum Gasteiger partial charge on any atom is -0.496 e. The first-order valence-corrected chi connectivity index (χ1v) is 11.1. The van der Waals surface area contributed by atoms with Crippen molar-refractivity contribution < 1.29 is 37.7 Å². The Hall–Kier alpha value is -3.69. The average molecular weight is 491 g/mol. The van der Waals surface area contributed by atoms with Gasteiger partial charge in [0.15, 0.2) is 11.4 Å². The number of carbonyl (C=O) groups is 3. The topological polar surface area (TPSA) is 113 Å². The standard InChI is InChI=1S/C25H31FN2O7/c1-13(2)21(18-9-8-17(26)12-20(18)33-7)15(4)34-25(31)14(3)28-24(30)22-23(35-16(5)29)19(32-6)10-11-27-22/h8-15,21H,1-7H3,(H,28,30)/t14-,15?,21?/m0/s1. The molecule has 190 valence electrons. The summed E-state index contributed by atoms with van der Waals surface area (Å²) in [4.78, 5) is 41.1. The lowest BCUT2D eigenvalue weighted by molar-refractivity contribution is -0.151. The highest BCUT2D eigenvalue weighted by molar-refractivity contribution is 5.98. The Bertz CT molecular complexity index is 1070. The Kier molecular flexibility index (Phi) is 9.56. The molecular weight excluding hydrogens is 459 g/mol. The number of rotatable bonds is 10. The van der Waals surface area contributed by atoms with Crippen LogP contribution in [0, 0.1) is 11.7 Å². The number of halogens is 1. The van der Waals surface area contributed by atoms with Gasteiger partial charge in [-0.1, -0.05) is 19.9 Å². The molecule has 9 nitrogen and oxygen atoms in total. The van der Waals surface area contributed by atoms with Crippen LogP contribution in [-0.2, 0) is 14.3 Å². The zero-order chi connectivity index (χ0) is 26.3. The minimum atomic E-state index is -1.05. The maximum atomic E-state index is 13.7. The molecule has 0 aliphatic heterocycles. The quantitative estimate of drug-likeness (QED) is 0.502. The van der Waals surface area contributed by atoms with Gasteiger partial charge in [-0.25, -0.2) is 14.2 Å². The Morgan fingerprint density at radius 3 is 2.23 bits per heavy atom. The van der Waals surface area contributed by atoms with E-state index >= 15 is 0 Å². The average Bonchev–Trinajstić information content (AvgIpc) is 2.79. The molecule has 0 bridgehead atoms. The number of amides is 1. The lowest BCUT2D eigenvalue weighted by Gasteiger charge is -2.30. The Balaban J connectivity index is 2.19. The zero-order valence-electron chi connectivity index (χ0n) is 20.9. The van der Waals surface area contributed by atoms with Crippen LogP contribution >= 0.6 is 0 Å². The van der Waals surface area contributed by atoms with E-state index in [4.69, 9.17) is 18.9 Å². The van der Waals surface area contributed by atoms with Crippen molar-refractivity contribution in [3.63, 3.8) is 0 Å². The number of hydrogen-bond donors (Lipinski definition) is 1. The summed E-state index contributed by atoms with van der Waals surface area (Å²) in [6, 6.07) is 4.60. The number of benzene rings is 1. The second kappa shape index (κ2) is 12.1. The van der Waals surface area contributed by atoms with Crippen molar-refractivity contribution in [3.05, 3.63) is 47.5 Å². The van der Waals surface area contributed by atoms with Crippen molar-refractivity contribution in [2.75, 3.05) is 14.2 Å². The molecule has 1 heterocycles. The summed E-state index contributed by atoms with van der Waals surface area (Å²) in [5.74, 6) is -2.48. The van der Waals surface area contributed by atoms with Crippen LogP contribution in [0.2, 0.25) is 0 Å². The third-order valence-corrected chi connectivity index (χ3v) is 5.33. The summed E-state index contributed by atoms with van der Waals surface area (Å²) in [6.07, 6.45) is 0.697. The molecule has 0 aliphatic rings. The van der Waals surface area contributed by atoms with Crippen molar-refractivity contribution in [2.45, 2.75) is 52.7 Å². The molecule has 2 aromatic rings. The van der Waals surface area contributed by atoms with E-state index in [2.05, 4.69) is 10.3 Å². The van der Waals surface area contributed by atoms with Gasteiger partial charge in [-0.2, -0.15) is 0 Å². The maximum absolute atomic E-state index is 13.7. The highest BCUT2D eigenvalue weighted by Crippen LogP contribution is 2.36. The molecule has 1 N–H and O–H groups in total. The predicted octanol–water partition coefficient (Wildman–Crippen LogP) is 3.65. The van der Waals surface area contributed by atoms with Crippen LogP contribution in [0.3, 0.4) is 0 Å². The lowest BCUT2D eigenvalue weighted by Crippen LogP contribution is -2.42. The molecule has 10 heteroatoms. The summed E-state index contributed by atoms with van der Waals surface area (Å²) in [5, 5.41) is 2.51. The molecule has 1 amide bonds. The van der Waals surface area contributed by atoms with E-state index in [9.17, 15) is 18.8 Å². The van der Waals surface area contributed by atoms with E-state index < -0.39 is 35.8 Å². The van der Waals surface area contributed by atoms with Crippen LogP contribution in [0.4, 0.5) is 4.39 Å². The fraction of sp³-hybridized carbons (Fsp3) is 0.440. The van der Waals surface area contributed by atoms with Crippen molar-refractivity contribution in [2.24, 2.45) is 5.92 Å². The molecule has 0 fully saturated rings. The van der Waals surface area contributed by atoms with Gasteiger partial charge in [-0.3, -0.25) is 9.59 Å². The predicted molar refractivity (Wildman–Crippen MR) is 125 cm³/mol. The van der Waals surface area contributed by atoms with Gasteiger partial charge >= 0.3 is 11.9 Å². The monoisotopic (exact) mass is 490 g/mol. The van der Waals surface area contributed by atoms with Gasteiger partial charge in [0, 0.05) is 36.7 Å². The van der Waals surface area contributed by atoms with Crippen molar-refractivity contribution in [1.29, 1.82) is 0 Å². The first-order valence-electron chi connectivity index (χ1n) is 11.1. The van der Waals surface area contributed by atoms with Crippen LogP contribution in [0.15, 0.2) is 30.5 Å². The van der Waals surface area contributed by atoms with Crippen LogP contribution < -0.4 is 19.5 Å². The minimum absolute atomic E-state index is 0.0225. The number of esters is 2. The van der Waals surface area contributed by atoms with Gasteiger partial charge < -0.3 is 24.3 Å². The number of methoxy groups -OCH3 is 2. The first kappa shape index (κ1) is 27.6. The van der Waals surface area contributed by atoms with E-state index in [1.54, 1.807) is 13.0 Å². The Labute approximate surface area is 203 Å². The molecule has 2 rings (SSSR count). The number of pyridine rings is 1. The van der Waals surface area contributed by atoms with Gasteiger partial charge in [0.2, 0.25) is 5.75 Å². The molecule has 0 aliphatic carbocycles. The van der Waals surface area contributed by atoms with Crippen molar-refractivity contribution in [3.8, 4) is 17.2 Å². The summed E-state index contributed by atoms with van der Waals surface area (Å²) in [6.45, 7) is 8.27. The summed E-state index contributed by atoms with van der Waals surface area (Å²) >= 11 is 0. The largest absolute Gasteiger partial charge is 0.496 e. The third-order valence-electron chi connectivity index (χ3n) is 5.33. The van der Waals surface area contributed by atoms with Crippen LogP contribution in [0.1, 0.15) is 56.6 Å². The third kappa shape index (κ3) is 6.91. The van der Waals surface area contributed by atoms with Gasteiger partial charge in [0.1, 0.15) is 23.7 Å². The summed E-state index contributed by atoms with van der Waals surface area (Å²) in [7, 11) is 2.80. The molecule has 35 heavy (non-hydrogen) atoms. The zero-order valence-corrected chi connectivity index (χ0v) is 20.9. The molecular formula is C25H31FN2O7. The molecule has 1 aromatic heterocycles. The molecule has 2 unspecified atom stereocenters. The smallest absolute Gasteiger partial charge is 0.328 e.